The number of benzene rings is 2. The van der Waals surface area contributed by atoms with Crippen LogP contribution in [0.3, 0.4) is 0 Å². The maximum absolute atomic E-state index is 12.0. The third kappa shape index (κ3) is 2.44. The smallest absolute Gasteiger partial charge is 0.410 e. The van der Waals surface area contributed by atoms with Gasteiger partial charge in [0.25, 0.3) is 0 Å². The zero-order chi connectivity index (χ0) is 16.7. The van der Waals surface area contributed by atoms with E-state index in [0.29, 0.717) is 19.7 Å². The van der Waals surface area contributed by atoms with Gasteiger partial charge in [-0.25, -0.2) is 4.79 Å². The van der Waals surface area contributed by atoms with Crippen molar-refractivity contribution >= 4 is 17.0 Å². The zero-order valence-electron chi connectivity index (χ0n) is 13.9. The molecule has 4 heteroatoms. The number of H-pyrrole nitrogens is 1. The minimum absolute atomic E-state index is 0.245. The molecule has 0 saturated carbocycles. The van der Waals surface area contributed by atoms with Gasteiger partial charge in [-0.15, -0.1) is 0 Å². The third-order valence-corrected chi connectivity index (χ3v) is 4.57. The summed E-state index contributed by atoms with van der Waals surface area (Å²) in [5, 5.41) is 1.19. The Labute approximate surface area is 141 Å². The van der Waals surface area contributed by atoms with Gasteiger partial charge in [0.05, 0.1) is 19.7 Å². The summed E-state index contributed by atoms with van der Waals surface area (Å²) in [7, 11) is 0. The van der Waals surface area contributed by atoms with E-state index < -0.39 is 0 Å². The van der Waals surface area contributed by atoms with E-state index in [-0.39, 0.29) is 6.09 Å². The van der Waals surface area contributed by atoms with Crippen molar-refractivity contribution in [2.75, 3.05) is 6.61 Å². The molecule has 1 amide bonds. The number of amides is 1. The highest BCUT2D eigenvalue weighted by Gasteiger charge is 2.27. The van der Waals surface area contributed by atoms with Crippen molar-refractivity contribution in [2.45, 2.75) is 26.9 Å². The maximum Gasteiger partial charge on any atom is 0.410 e. The van der Waals surface area contributed by atoms with Gasteiger partial charge in [0.2, 0.25) is 0 Å². The third-order valence-electron chi connectivity index (χ3n) is 4.57. The molecular formula is C20H20N2O2. The van der Waals surface area contributed by atoms with Crippen LogP contribution in [0.25, 0.3) is 22.0 Å². The van der Waals surface area contributed by atoms with Gasteiger partial charge in [0.1, 0.15) is 0 Å². The highest BCUT2D eigenvalue weighted by molar-refractivity contribution is 5.90. The second kappa shape index (κ2) is 5.71. The van der Waals surface area contributed by atoms with Crippen LogP contribution in [0.1, 0.15) is 23.7 Å². The number of hydrogen-bond acceptors (Lipinski definition) is 2. The van der Waals surface area contributed by atoms with Crippen LogP contribution in [0.2, 0.25) is 0 Å². The normalized spacial score (nSPS) is 13.3. The molecule has 1 N–H and O–H groups in total. The number of nitrogens with one attached hydrogen (secondary N) is 1. The number of carbonyl (C=O) groups is 1. The van der Waals surface area contributed by atoms with Crippen molar-refractivity contribution in [3.63, 3.8) is 0 Å². The van der Waals surface area contributed by atoms with Gasteiger partial charge in [0, 0.05) is 22.2 Å². The predicted octanol–water partition coefficient (Wildman–Crippen LogP) is 4.62. The Hall–Kier alpha value is -2.75. The van der Waals surface area contributed by atoms with Crippen LogP contribution in [-0.4, -0.2) is 22.6 Å². The summed E-state index contributed by atoms with van der Waals surface area (Å²) in [4.78, 5) is 17.1. The minimum atomic E-state index is -0.245. The lowest BCUT2D eigenvalue weighted by Crippen LogP contribution is -2.26. The van der Waals surface area contributed by atoms with E-state index in [9.17, 15) is 4.79 Å². The van der Waals surface area contributed by atoms with Crippen molar-refractivity contribution in [1.82, 2.24) is 9.88 Å². The largest absolute Gasteiger partial charge is 0.450 e. The number of carbonyl (C=O) groups excluding carboxylic acids is 1. The molecule has 0 radical (unpaired) electrons. The molecule has 1 aliphatic rings. The van der Waals surface area contributed by atoms with E-state index >= 15 is 0 Å². The van der Waals surface area contributed by atoms with E-state index in [1.165, 1.54) is 27.6 Å². The molecule has 0 bridgehead atoms. The molecule has 2 aromatic carbocycles. The van der Waals surface area contributed by atoms with Gasteiger partial charge in [0.15, 0.2) is 0 Å². The molecule has 3 aromatic rings. The molecule has 4 rings (SSSR count). The Bertz CT molecular complexity index is 927. The van der Waals surface area contributed by atoms with E-state index in [2.05, 4.69) is 54.4 Å². The first-order chi connectivity index (χ1) is 11.7. The van der Waals surface area contributed by atoms with Crippen LogP contribution in [0.15, 0.2) is 42.5 Å². The second-order valence-corrected chi connectivity index (χ2v) is 6.27. The van der Waals surface area contributed by atoms with Crippen molar-refractivity contribution in [3.8, 4) is 11.1 Å². The van der Waals surface area contributed by atoms with Crippen LogP contribution in [-0.2, 0) is 17.8 Å². The van der Waals surface area contributed by atoms with Gasteiger partial charge >= 0.3 is 6.09 Å². The standard InChI is InChI=1S/C20H20N2O2/c1-3-24-20(23)22-11-17-16-10-15(14-6-4-5-13(2)9-14)7-8-18(16)21-19(17)12-22/h4-10,21H,3,11-12H2,1-2H3. The van der Waals surface area contributed by atoms with Crippen LogP contribution >= 0.6 is 0 Å². The number of rotatable bonds is 2. The Morgan fingerprint density at radius 2 is 2.00 bits per heavy atom. The molecule has 0 saturated heterocycles. The zero-order valence-corrected chi connectivity index (χ0v) is 13.9. The second-order valence-electron chi connectivity index (χ2n) is 6.27. The fourth-order valence-electron chi connectivity index (χ4n) is 3.40. The molecule has 0 spiro atoms. The molecule has 122 valence electrons. The number of fused-ring (bicyclic) bond motifs is 3. The monoisotopic (exact) mass is 320 g/mol. The summed E-state index contributed by atoms with van der Waals surface area (Å²) >= 11 is 0. The predicted molar refractivity (Wildman–Crippen MR) is 94.7 cm³/mol. The topological polar surface area (TPSA) is 45.3 Å². The minimum Gasteiger partial charge on any atom is -0.450 e. The number of nitrogens with zero attached hydrogens (tertiary/aromatic N) is 1. The van der Waals surface area contributed by atoms with E-state index in [0.717, 1.165) is 11.2 Å². The summed E-state index contributed by atoms with van der Waals surface area (Å²) in [5.74, 6) is 0. The number of hydrogen-bond donors (Lipinski definition) is 1. The van der Waals surface area contributed by atoms with Crippen molar-refractivity contribution in [2.24, 2.45) is 0 Å². The first-order valence-electron chi connectivity index (χ1n) is 8.28. The Balaban J connectivity index is 1.72. The number of aryl methyl sites for hydroxylation is 1. The van der Waals surface area contributed by atoms with Gasteiger partial charge in [-0.1, -0.05) is 35.9 Å². The van der Waals surface area contributed by atoms with Crippen LogP contribution in [0.5, 0.6) is 0 Å². The van der Waals surface area contributed by atoms with Crippen LogP contribution in [0, 0.1) is 6.92 Å². The molecule has 0 fully saturated rings. The fraction of sp³-hybridized carbons (Fsp3) is 0.250. The Morgan fingerprint density at radius 3 is 2.79 bits per heavy atom. The Morgan fingerprint density at radius 1 is 1.17 bits per heavy atom. The summed E-state index contributed by atoms with van der Waals surface area (Å²) < 4.78 is 5.12. The summed E-state index contributed by atoms with van der Waals surface area (Å²) in [6, 6.07) is 15.0. The van der Waals surface area contributed by atoms with Crippen LogP contribution in [0.4, 0.5) is 4.79 Å². The molecule has 4 nitrogen and oxygen atoms in total. The average Bonchev–Trinajstić information content (AvgIpc) is 3.12. The van der Waals surface area contributed by atoms with Gasteiger partial charge < -0.3 is 9.72 Å². The molecule has 1 aromatic heterocycles. The summed E-state index contributed by atoms with van der Waals surface area (Å²) in [5.41, 5.74) is 7.10. The first kappa shape index (κ1) is 14.8. The van der Waals surface area contributed by atoms with Gasteiger partial charge in [-0.2, -0.15) is 0 Å². The van der Waals surface area contributed by atoms with Gasteiger partial charge in [-0.3, -0.25) is 4.90 Å². The molecule has 0 aliphatic carbocycles. The van der Waals surface area contributed by atoms with Crippen molar-refractivity contribution < 1.29 is 9.53 Å². The van der Waals surface area contributed by atoms with Gasteiger partial charge in [-0.05, 0) is 37.1 Å². The quantitative estimate of drug-likeness (QED) is 0.749. The Kier molecular flexibility index (Phi) is 3.53. The molecule has 1 aliphatic heterocycles. The van der Waals surface area contributed by atoms with Crippen molar-refractivity contribution in [1.29, 1.82) is 0 Å². The maximum atomic E-state index is 12.0. The fourth-order valence-corrected chi connectivity index (χ4v) is 3.40. The lowest BCUT2D eigenvalue weighted by Gasteiger charge is -2.14. The molecule has 0 atom stereocenters. The van der Waals surface area contributed by atoms with Crippen LogP contribution < -0.4 is 0 Å². The molecule has 2 heterocycles. The van der Waals surface area contributed by atoms with E-state index in [1.54, 1.807) is 4.90 Å². The molecule has 0 unspecified atom stereocenters. The lowest BCUT2D eigenvalue weighted by atomic mass is 10.0. The first-order valence-corrected chi connectivity index (χ1v) is 8.28. The summed E-state index contributed by atoms with van der Waals surface area (Å²) in [6.07, 6.45) is -0.245. The highest BCUT2D eigenvalue weighted by atomic mass is 16.6. The lowest BCUT2D eigenvalue weighted by molar-refractivity contribution is 0.106. The molecular weight excluding hydrogens is 300 g/mol. The van der Waals surface area contributed by atoms with E-state index in [1.807, 2.05) is 6.92 Å². The highest BCUT2D eigenvalue weighted by Crippen LogP contribution is 2.33. The van der Waals surface area contributed by atoms with E-state index in [4.69, 9.17) is 4.74 Å². The number of aromatic amines is 1. The summed E-state index contributed by atoms with van der Waals surface area (Å²) in [6.45, 7) is 5.53. The molecule has 24 heavy (non-hydrogen) atoms. The number of ether oxygens (including phenoxy) is 1. The number of aromatic nitrogens is 1. The SMILES string of the molecule is CCOC(=O)N1Cc2[nH]c3ccc(-c4cccc(C)c4)cc3c2C1. The van der Waals surface area contributed by atoms with Crippen molar-refractivity contribution in [3.05, 3.63) is 59.3 Å². The average molecular weight is 320 g/mol.